The molecule has 0 unspecified atom stereocenters. The van der Waals surface area contributed by atoms with E-state index in [2.05, 4.69) is 20.2 Å². The van der Waals surface area contributed by atoms with Crippen LogP contribution in [0.25, 0.3) is 0 Å². The average Bonchev–Trinajstić information content (AvgIpc) is 2.92. The first-order valence-corrected chi connectivity index (χ1v) is 7.85. The number of hydrogen-bond acceptors (Lipinski definition) is 7. The van der Waals surface area contributed by atoms with Crippen molar-refractivity contribution in [1.29, 1.82) is 0 Å². The Morgan fingerprint density at radius 1 is 1.14 bits per heavy atom. The Morgan fingerprint density at radius 2 is 1.86 bits per heavy atom. The normalized spacial score (nSPS) is 12.0. The summed E-state index contributed by atoms with van der Waals surface area (Å²) >= 11 is 0. The van der Waals surface area contributed by atoms with Gasteiger partial charge >= 0.3 is 0 Å². The smallest absolute Gasteiger partial charge is 0.244 e. The average molecular weight is 314 g/mol. The van der Waals surface area contributed by atoms with Crippen molar-refractivity contribution in [2.45, 2.75) is 38.8 Å². The molecule has 0 atom stereocenters. The quantitative estimate of drug-likeness (QED) is 0.810. The fourth-order valence-electron chi connectivity index (χ4n) is 2.09. The highest BCUT2D eigenvalue weighted by Gasteiger charge is 2.26. The fraction of sp³-hybridized carbons (Fsp3) is 0.500. The van der Waals surface area contributed by atoms with E-state index in [9.17, 15) is 8.42 Å². The summed E-state index contributed by atoms with van der Waals surface area (Å²) in [5, 5.41) is 6.59. The number of aryl methyl sites for hydroxylation is 3. The van der Waals surface area contributed by atoms with Gasteiger partial charge in [0.05, 0.1) is 6.54 Å². The van der Waals surface area contributed by atoms with E-state index in [1.54, 1.807) is 27.8 Å². The predicted molar refractivity (Wildman–Crippen MR) is 74.0 cm³/mol. The summed E-state index contributed by atoms with van der Waals surface area (Å²) in [6, 6.07) is 0. The van der Waals surface area contributed by atoms with E-state index < -0.39 is 10.0 Å². The van der Waals surface area contributed by atoms with Crippen LogP contribution in [-0.4, -0.2) is 25.6 Å². The second-order valence-corrected chi connectivity index (χ2v) is 6.31. The van der Waals surface area contributed by atoms with Gasteiger partial charge in [0.1, 0.15) is 16.4 Å². The molecule has 0 saturated carbocycles. The minimum atomic E-state index is -3.72. The lowest BCUT2D eigenvalue weighted by Crippen LogP contribution is -2.25. The first-order chi connectivity index (χ1) is 9.85. The summed E-state index contributed by atoms with van der Waals surface area (Å²) < 4.78 is 37.6. The van der Waals surface area contributed by atoms with Gasteiger partial charge in [-0.3, -0.25) is 0 Å². The molecule has 0 aliphatic carbocycles. The summed E-state index contributed by atoms with van der Waals surface area (Å²) in [6.45, 7) is 5.36. The summed E-state index contributed by atoms with van der Waals surface area (Å²) in [7, 11) is -1.97. The van der Waals surface area contributed by atoms with Crippen LogP contribution in [0.5, 0.6) is 0 Å². The second kappa shape index (κ2) is 5.96. The molecule has 0 bridgehead atoms. The van der Waals surface area contributed by atoms with E-state index in [0.717, 1.165) is 0 Å². The Labute approximate surface area is 123 Å². The van der Waals surface area contributed by atoms with Crippen molar-refractivity contribution in [2.24, 2.45) is 0 Å². The number of aromatic nitrogens is 2. The number of nitrogens with one attached hydrogen (secondary N) is 2. The van der Waals surface area contributed by atoms with E-state index in [0.29, 0.717) is 29.5 Å². The molecule has 0 aliphatic rings. The Balaban J connectivity index is 2.27. The van der Waals surface area contributed by atoms with Gasteiger partial charge in [0, 0.05) is 19.0 Å². The Kier molecular flexibility index (Phi) is 4.45. The van der Waals surface area contributed by atoms with Crippen LogP contribution in [0.1, 0.15) is 28.8 Å². The van der Waals surface area contributed by atoms with Gasteiger partial charge in [0.2, 0.25) is 15.9 Å². The van der Waals surface area contributed by atoms with Crippen LogP contribution >= 0.6 is 0 Å². The largest absolute Gasteiger partial charge is 0.465 e. The molecule has 21 heavy (non-hydrogen) atoms. The van der Waals surface area contributed by atoms with Gasteiger partial charge in [0.25, 0.3) is 0 Å². The number of rotatable bonds is 6. The summed E-state index contributed by atoms with van der Waals surface area (Å²) in [4.78, 5) is 4.11. The summed E-state index contributed by atoms with van der Waals surface area (Å²) in [5.41, 5.74) is 0.617. The SMILES string of the molecule is CNCc1c(C)oc(C)c1S(=O)(=O)NCc1noc(C)n1. The maximum atomic E-state index is 12.5. The molecular formula is C12H18N4O4S. The number of sulfonamides is 1. The van der Waals surface area contributed by atoms with Crippen LogP contribution in [0, 0.1) is 20.8 Å². The fourth-order valence-corrected chi connectivity index (χ4v) is 3.51. The number of hydrogen-bond donors (Lipinski definition) is 2. The van der Waals surface area contributed by atoms with E-state index in [1.165, 1.54) is 0 Å². The van der Waals surface area contributed by atoms with Crippen molar-refractivity contribution in [1.82, 2.24) is 20.2 Å². The standard InChI is InChI=1S/C12H18N4O4S/c1-7-10(5-13-4)12(8(2)19-7)21(17,18)14-6-11-15-9(3)20-16-11/h13-14H,5-6H2,1-4H3. The predicted octanol–water partition coefficient (Wildman–Crippen LogP) is 0.786. The lowest BCUT2D eigenvalue weighted by molar-refractivity contribution is 0.387. The number of furan rings is 1. The van der Waals surface area contributed by atoms with Crippen LogP contribution in [0.3, 0.4) is 0 Å². The van der Waals surface area contributed by atoms with Gasteiger partial charge in [-0.25, -0.2) is 13.1 Å². The number of nitrogens with zero attached hydrogens (tertiary/aromatic N) is 2. The highest BCUT2D eigenvalue weighted by Crippen LogP contribution is 2.26. The van der Waals surface area contributed by atoms with Gasteiger partial charge < -0.3 is 14.3 Å². The maximum absolute atomic E-state index is 12.5. The highest BCUT2D eigenvalue weighted by atomic mass is 32.2. The zero-order chi connectivity index (χ0) is 15.6. The Bertz CT molecular complexity index is 733. The Hall–Kier alpha value is -1.71. The molecule has 8 nitrogen and oxygen atoms in total. The lowest BCUT2D eigenvalue weighted by atomic mass is 10.2. The highest BCUT2D eigenvalue weighted by molar-refractivity contribution is 7.89. The van der Waals surface area contributed by atoms with E-state index >= 15 is 0 Å². The van der Waals surface area contributed by atoms with Crippen molar-refractivity contribution in [3.63, 3.8) is 0 Å². The molecule has 0 amide bonds. The van der Waals surface area contributed by atoms with Crippen molar-refractivity contribution in [3.05, 3.63) is 28.8 Å². The van der Waals surface area contributed by atoms with Crippen LogP contribution in [-0.2, 0) is 23.1 Å². The van der Waals surface area contributed by atoms with E-state index in [1.807, 2.05) is 0 Å². The molecule has 0 aliphatic heterocycles. The van der Waals surface area contributed by atoms with Gasteiger partial charge in [-0.2, -0.15) is 4.98 Å². The molecule has 0 radical (unpaired) electrons. The van der Waals surface area contributed by atoms with E-state index in [4.69, 9.17) is 8.94 Å². The molecule has 0 saturated heterocycles. The zero-order valence-corrected chi connectivity index (χ0v) is 13.2. The van der Waals surface area contributed by atoms with Gasteiger partial charge in [0.15, 0.2) is 5.82 Å². The summed E-state index contributed by atoms with van der Waals surface area (Å²) in [5.74, 6) is 1.60. The van der Waals surface area contributed by atoms with Crippen molar-refractivity contribution in [2.75, 3.05) is 7.05 Å². The third-order valence-corrected chi connectivity index (χ3v) is 4.53. The molecule has 0 fully saturated rings. The lowest BCUT2D eigenvalue weighted by Gasteiger charge is -2.07. The van der Waals surface area contributed by atoms with Crippen molar-refractivity contribution >= 4 is 10.0 Å². The monoisotopic (exact) mass is 314 g/mol. The topological polar surface area (TPSA) is 110 Å². The molecule has 116 valence electrons. The molecule has 2 rings (SSSR count). The van der Waals surface area contributed by atoms with Gasteiger partial charge in [-0.1, -0.05) is 5.16 Å². The first-order valence-electron chi connectivity index (χ1n) is 6.37. The molecule has 9 heteroatoms. The van der Waals surface area contributed by atoms with Crippen molar-refractivity contribution < 1.29 is 17.4 Å². The third-order valence-electron chi connectivity index (χ3n) is 2.94. The zero-order valence-electron chi connectivity index (χ0n) is 12.3. The molecule has 2 N–H and O–H groups in total. The molecule has 2 heterocycles. The molecule has 0 spiro atoms. The van der Waals surface area contributed by atoms with E-state index in [-0.39, 0.29) is 17.3 Å². The van der Waals surface area contributed by atoms with Gasteiger partial charge in [-0.05, 0) is 20.9 Å². The minimum absolute atomic E-state index is 0.0394. The molecule has 2 aromatic rings. The third kappa shape index (κ3) is 3.31. The minimum Gasteiger partial charge on any atom is -0.465 e. The van der Waals surface area contributed by atoms with Crippen molar-refractivity contribution in [3.8, 4) is 0 Å². The second-order valence-electron chi connectivity index (χ2n) is 4.61. The Morgan fingerprint density at radius 3 is 2.43 bits per heavy atom. The molecule has 0 aromatic carbocycles. The van der Waals surface area contributed by atoms with Crippen LogP contribution in [0.2, 0.25) is 0 Å². The van der Waals surface area contributed by atoms with Gasteiger partial charge in [-0.15, -0.1) is 0 Å². The van der Waals surface area contributed by atoms with Crippen LogP contribution < -0.4 is 10.0 Å². The molecule has 2 aromatic heterocycles. The first kappa shape index (κ1) is 15.7. The summed E-state index contributed by atoms with van der Waals surface area (Å²) in [6.07, 6.45) is 0. The maximum Gasteiger partial charge on any atom is 0.244 e. The molecular weight excluding hydrogens is 296 g/mol. The van der Waals surface area contributed by atoms with Crippen LogP contribution in [0.15, 0.2) is 13.8 Å². The van der Waals surface area contributed by atoms with Crippen LogP contribution in [0.4, 0.5) is 0 Å².